The molecule has 0 fully saturated rings. The number of hydrogen-bond donors (Lipinski definition) is 1. The summed E-state index contributed by atoms with van der Waals surface area (Å²) in [6, 6.07) is 9.99. The molecule has 0 amide bonds. The Labute approximate surface area is 143 Å². The fourth-order valence-electron chi connectivity index (χ4n) is 2.08. The molecule has 0 unspecified atom stereocenters. The van der Waals surface area contributed by atoms with Crippen LogP contribution < -0.4 is 9.46 Å². The maximum atomic E-state index is 13.0. The average Bonchev–Trinajstić information content (AvgIpc) is 2.49. The summed E-state index contributed by atoms with van der Waals surface area (Å²) < 4.78 is 46.9. The zero-order chi connectivity index (χ0) is 17.0. The van der Waals surface area contributed by atoms with Gasteiger partial charge in [-0.1, -0.05) is 28.1 Å². The van der Waals surface area contributed by atoms with Gasteiger partial charge in [0.15, 0.2) is 0 Å². The van der Waals surface area contributed by atoms with Gasteiger partial charge >= 0.3 is 0 Å². The van der Waals surface area contributed by atoms with Gasteiger partial charge in [0.05, 0.1) is 6.61 Å². The number of benzene rings is 2. The van der Waals surface area contributed by atoms with Crippen molar-refractivity contribution in [3.8, 4) is 5.75 Å². The zero-order valence-corrected chi connectivity index (χ0v) is 15.1. The molecule has 7 heteroatoms. The van der Waals surface area contributed by atoms with Gasteiger partial charge in [-0.2, -0.15) is 0 Å². The predicted molar refractivity (Wildman–Crippen MR) is 90.4 cm³/mol. The number of nitrogens with one attached hydrogen (secondary N) is 1. The SMILES string of the molecule is CCOc1ccc(Br)cc1S(=O)(=O)N[C@@H](C)c1ccc(F)cc1. The van der Waals surface area contributed by atoms with E-state index in [0.29, 0.717) is 16.6 Å². The Kier molecular flexibility index (Phi) is 5.78. The summed E-state index contributed by atoms with van der Waals surface area (Å²) in [5.74, 6) is -0.0797. The minimum atomic E-state index is -3.79. The van der Waals surface area contributed by atoms with Crippen LogP contribution in [0, 0.1) is 5.82 Å². The Balaban J connectivity index is 2.31. The van der Waals surface area contributed by atoms with E-state index in [4.69, 9.17) is 4.74 Å². The summed E-state index contributed by atoms with van der Waals surface area (Å²) in [6.07, 6.45) is 0. The van der Waals surface area contributed by atoms with Gasteiger partial charge in [0.1, 0.15) is 16.5 Å². The van der Waals surface area contributed by atoms with E-state index in [9.17, 15) is 12.8 Å². The van der Waals surface area contributed by atoms with Crippen molar-refractivity contribution in [2.45, 2.75) is 24.8 Å². The van der Waals surface area contributed by atoms with Gasteiger partial charge in [0.25, 0.3) is 0 Å². The highest BCUT2D eigenvalue weighted by molar-refractivity contribution is 9.10. The van der Waals surface area contributed by atoms with Gasteiger partial charge < -0.3 is 4.74 Å². The fraction of sp³-hybridized carbons (Fsp3) is 0.250. The number of sulfonamides is 1. The van der Waals surface area contributed by atoms with E-state index in [0.717, 1.165) is 0 Å². The summed E-state index contributed by atoms with van der Waals surface area (Å²) in [7, 11) is -3.79. The van der Waals surface area contributed by atoms with Crippen LogP contribution in [0.25, 0.3) is 0 Å². The summed E-state index contributed by atoms with van der Waals surface area (Å²) in [4.78, 5) is 0.0580. The Bertz CT molecular complexity index is 778. The van der Waals surface area contributed by atoms with Crippen molar-refractivity contribution >= 4 is 26.0 Å². The molecule has 23 heavy (non-hydrogen) atoms. The second-order valence-corrected chi connectivity index (χ2v) is 7.52. The molecule has 0 aliphatic carbocycles. The number of hydrogen-bond acceptors (Lipinski definition) is 3. The molecule has 1 N–H and O–H groups in total. The molecule has 0 heterocycles. The largest absolute Gasteiger partial charge is 0.492 e. The van der Waals surface area contributed by atoms with Crippen LogP contribution >= 0.6 is 15.9 Å². The van der Waals surface area contributed by atoms with Gasteiger partial charge in [0, 0.05) is 10.5 Å². The number of ether oxygens (including phenoxy) is 1. The third kappa shape index (κ3) is 4.53. The van der Waals surface area contributed by atoms with Crippen LogP contribution in [0.1, 0.15) is 25.5 Å². The molecule has 124 valence electrons. The first kappa shape index (κ1) is 17.9. The van der Waals surface area contributed by atoms with Crippen LogP contribution in [0.4, 0.5) is 4.39 Å². The van der Waals surface area contributed by atoms with Crippen molar-refractivity contribution in [1.29, 1.82) is 0 Å². The lowest BCUT2D eigenvalue weighted by Crippen LogP contribution is -2.27. The molecule has 0 aliphatic heterocycles. The topological polar surface area (TPSA) is 55.4 Å². The van der Waals surface area contributed by atoms with Crippen LogP contribution in [0.2, 0.25) is 0 Å². The molecule has 0 aromatic heterocycles. The molecular weight excluding hydrogens is 385 g/mol. The fourth-order valence-corrected chi connectivity index (χ4v) is 4.00. The molecular formula is C16H17BrFNO3S. The molecule has 1 atom stereocenters. The summed E-state index contributed by atoms with van der Waals surface area (Å²) in [5, 5.41) is 0. The van der Waals surface area contributed by atoms with Crippen molar-refractivity contribution in [2.24, 2.45) is 0 Å². The van der Waals surface area contributed by atoms with Gasteiger partial charge in [-0.3, -0.25) is 0 Å². The highest BCUT2D eigenvalue weighted by Gasteiger charge is 2.23. The van der Waals surface area contributed by atoms with E-state index in [-0.39, 0.29) is 16.5 Å². The van der Waals surface area contributed by atoms with E-state index in [1.165, 1.54) is 18.2 Å². The molecule has 0 saturated carbocycles. The van der Waals surface area contributed by atoms with Crippen LogP contribution in [0.5, 0.6) is 5.75 Å². The number of rotatable bonds is 6. The lowest BCUT2D eigenvalue weighted by molar-refractivity contribution is 0.331. The summed E-state index contributed by atoms with van der Waals surface area (Å²) in [5.41, 5.74) is 0.669. The molecule has 2 aromatic carbocycles. The Morgan fingerprint density at radius 1 is 1.22 bits per heavy atom. The Morgan fingerprint density at radius 3 is 2.48 bits per heavy atom. The standard InChI is InChI=1S/C16H17BrFNO3S/c1-3-22-15-9-6-13(17)10-16(15)23(20,21)19-11(2)12-4-7-14(18)8-5-12/h4-11,19H,3H2,1-2H3/t11-/m0/s1. The lowest BCUT2D eigenvalue weighted by Gasteiger charge is -2.17. The van der Waals surface area contributed by atoms with E-state index in [1.54, 1.807) is 38.1 Å². The minimum Gasteiger partial charge on any atom is -0.492 e. The third-order valence-electron chi connectivity index (χ3n) is 3.20. The zero-order valence-electron chi connectivity index (χ0n) is 12.7. The van der Waals surface area contributed by atoms with E-state index >= 15 is 0 Å². The highest BCUT2D eigenvalue weighted by Crippen LogP contribution is 2.28. The van der Waals surface area contributed by atoms with Crippen molar-refractivity contribution in [3.63, 3.8) is 0 Å². The quantitative estimate of drug-likeness (QED) is 0.794. The second-order valence-electron chi connectivity index (χ2n) is 4.92. The first-order valence-electron chi connectivity index (χ1n) is 7.03. The van der Waals surface area contributed by atoms with Crippen LogP contribution in [0.3, 0.4) is 0 Å². The first-order valence-corrected chi connectivity index (χ1v) is 9.31. The molecule has 2 rings (SSSR count). The average molecular weight is 402 g/mol. The van der Waals surface area contributed by atoms with Crippen molar-refractivity contribution in [2.75, 3.05) is 6.61 Å². The first-order chi connectivity index (χ1) is 10.8. The molecule has 0 bridgehead atoms. The molecule has 0 spiro atoms. The van der Waals surface area contributed by atoms with Crippen LogP contribution in [0.15, 0.2) is 51.8 Å². The Hall–Kier alpha value is -1.44. The van der Waals surface area contributed by atoms with E-state index < -0.39 is 16.1 Å². The van der Waals surface area contributed by atoms with Crippen molar-refractivity contribution in [1.82, 2.24) is 4.72 Å². The van der Waals surface area contributed by atoms with E-state index in [2.05, 4.69) is 20.7 Å². The molecule has 0 radical (unpaired) electrons. The summed E-state index contributed by atoms with van der Waals surface area (Å²) >= 11 is 3.27. The van der Waals surface area contributed by atoms with Gasteiger partial charge in [0.2, 0.25) is 10.0 Å². The van der Waals surface area contributed by atoms with Gasteiger partial charge in [-0.15, -0.1) is 0 Å². The summed E-state index contributed by atoms with van der Waals surface area (Å²) in [6.45, 7) is 3.84. The molecule has 4 nitrogen and oxygen atoms in total. The molecule has 0 saturated heterocycles. The van der Waals surface area contributed by atoms with Crippen LogP contribution in [-0.4, -0.2) is 15.0 Å². The van der Waals surface area contributed by atoms with Gasteiger partial charge in [-0.05, 0) is 49.7 Å². The highest BCUT2D eigenvalue weighted by atomic mass is 79.9. The normalized spacial score (nSPS) is 12.9. The van der Waals surface area contributed by atoms with E-state index in [1.807, 2.05) is 0 Å². The molecule has 2 aromatic rings. The van der Waals surface area contributed by atoms with Crippen LogP contribution in [-0.2, 0) is 10.0 Å². The lowest BCUT2D eigenvalue weighted by atomic mass is 10.1. The molecule has 0 aliphatic rings. The number of halogens is 2. The predicted octanol–water partition coefficient (Wildman–Crippen LogP) is 4.03. The van der Waals surface area contributed by atoms with Gasteiger partial charge in [-0.25, -0.2) is 17.5 Å². The minimum absolute atomic E-state index is 0.0580. The maximum absolute atomic E-state index is 13.0. The smallest absolute Gasteiger partial charge is 0.244 e. The Morgan fingerprint density at radius 2 is 1.87 bits per heavy atom. The second kappa shape index (κ2) is 7.42. The maximum Gasteiger partial charge on any atom is 0.244 e. The monoisotopic (exact) mass is 401 g/mol. The van der Waals surface area contributed by atoms with Crippen molar-refractivity contribution < 1.29 is 17.5 Å². The third-order valence-corrected chi connectivity index (χ3v) is 5.25. The van der Waals surface area contributed by atoms with Crippen molar-refractivity contribution in [3.05, 3.63) is 58.3 Å².